The van der Waals surface area contributed by atoms with Crippen LogP contribution in [-0.4, -0.2) is 34.0 Å². The normalized spacial score (nSPS) is 18.0. The van der Waals surface area contributed by atoms with Gasteiger partial charge in [-0.15, -0.1) is 0 Å². The van der Waals surface area contributed by atoms with E-state index in [4.69, 9.17) is 4.42 Å². The fraction of sp³-hybridized carbons (Fsp3) is 0.333. The Morgan fingerprint density at radius 3 is 3.08 bits per heavy atom. The summed E-state index contributed by atoms with van der Waals surface area (Å²) in [5.41, 5.74) is 2.03. The Balaban J connectivity index is 1.42. The van der Waals surface area contributed by atoms with E-state index in [2.05, 4.69) is 15.3 Å². The van der Waals surface area contributed by atoms with Crippen LogP contribution in [0.1, 0.15) is 30.3 Å². The highest BCUT2D eigenvalue weighted by Gasteiger charge is 2.26. The molecule has 124 valence electrons. The van der Waals surface area contributed by atoms with Crippen LogP contribution in [0.3, 0.4) is 0 Å². The molecule has 6 heteroatoms. The number of furan rings is 1. The van der Waals surface area contributed by atoms with E-state index in [0.29, 0.717) is 13.1 Å². The van der Waals surface area contributed by atoms with Crippen molar-refractivity contribution in [2.24, 2.45) is 0 Å². The van der Waals surface area contributed by atoms with Gasteiger partial charge < -0.3 is 19.6 Å². The van der Waals surface area contributed by atoms with E-state index in [1.165, 1.54) is 0 Å². The van der Waals surface area contributed by atoms with Gasteiger partial charge in [-0.25, -0.2) is 9.78 Å². The molecule has 3 aromatic rings. The second-order valence-electron chi connectivity index (χ2n) is 6.16. The van der Waals surface area contributed by atoms with E-state index in [0.717, 1.165) is 42.0 Å². The number of rotatable bonds is 3. The number of nitrogens with one attached hydrogen (secondary N) is 2. The average molecular weight is 324 g/mol. The van der Waals surface area contributed by atoms with Gasteiger partial charge in [-0.3, -0.25) is 0 Å². The average Bonchev–Trinajstić information content (AvgIpc) is 3.29. The van der Waals surface area contributed by atoms with Gasteiger partial charge in [0.05, 0.1) is 23.8 Å². The zero-order valence-electron chi connectivity index (χ0n) is 13.4. The second-order valence-corrected chi connectivity index (χ2v) is 6.16. The molecule has 0 radical (unpaired) electrons. The summed E-state index contributed by atoms with van der Waals surface area (Å²) in [7, 11) is 0. The van der Waals surface area contributed by atoms with Crippen LogP contribution in [0.5, 0.6) is 0 Å². The summed E-state index contributed by atoms with van der Waals surface area (Å²) in [6.07, 6.45) is 3.64. The summed E-state index contributed by atoms with van der Waals surface area (Å²) in [4.78, 5) is 22.3. The van der Waals surface area contributed by atoms with Crippen molar-refractivity contribution in [1.82, 2.24) is 20.2 Å². The van der Waals surface area contributed by atoms with Gasteiger partial charge in [-0.1, -0.05) is 12.1 Å². The molecule has 24 heavy (non-hydrogen) atoms. The number of H-pyrrole nitrogens is 1. The van der Waals surface area contributed by atoms with Crippen molar-refractivity contribution in [3.05, 3.63) is 54.2 Å². The van der Waals surface area contributed by atoms with Crippen LogP contribution in [0.15, 0.2) is 47.1 Å². The molecule has 1 saturated heterocycles. The molecule has 3 heterocycles. The molecular weight excluding hydrogens is 304 g/mol. The van der Waals surface area contributed by atoms with E-state index in [1.54, 1.807) is 6.26 Å². The number of carbonyl (C=O) groups is 1. The SMILES string of the molecule is O=C(NCc1ccco1)N1CCC[C@H](c2nc3ccccc3[nH]2)C1. The number of aromatic amines is 1. The van der Waals surface area contributed by atoms with Crippen LogP contribution in [0, 0.1) is 0 Å². The molecule has 6 nitrogen and oxygen atoms in total. The minimum atomic E-state index is -0.0489. The van der Waals surface area contributed by atoms with Crippen molar-refractivity contribution in [3.63, 3.8) is 0 Å². The number of fused-ring (bicyclic) bond motifs is 1. The maximum Gasteiger partial charge on any atom is 0.317 e. The number of piperidine rings is 1. The number of benzene rings is 1. The summed E-state index contributed by atoms with van der Waals surface area (Å²) in [6, 6.07) is 11.6. The number of imidazole rings is 1. The third kappa shape index (κ3) is 2.99. The second kappa shape index (κ2) is 6.39. The van der Waals surface area contributed by atoms with E-state index >= 15 is 0 Å². The first-order valence-corrected chi connectivity index (χ1v) is 8.29. The van der Waals surface area contributed by atoms with Crippen LogP contribution >= 0.6 is 0 Å². The van der Waals surface area contributed by atoms with Gasteiger partial charge in [-0.05, 0) is 37.1 Å². The zero-order chi connectivity index (χ0) is 16.4. The predicted octanol–water partition coefficient (Wildman–Crippen LogP) is 3.25. The summed E-state index contributed by atoms with van der Waals surface area (Å²) in [6.45, 7) is 1.88. The first-order chi connectivity index (χ1) is 11.8. The fourth-order valence-corrected chi connectivity index (χ4v) is 3.24. The van der Waals surface area contributed by atoms with Crippen LogP contribution in [0.25, 0.3) is 11.0 Å². The number of likely N-dealkylation sites (tertiary alicyclic amines) is 1. The Kier molecular flexibility index (Phi) is 3.94. The molecule has 4 rings (SSSR count). The minimum Gasteiger partial charge on any atom is -0.467 e. The van der Waals surface area contributed by atoms with Crippen LogP contribution in [0.2, 0.25) is 0 Å². The highest BCUT2D eigenvalue weighted by molar-refractivity contribution is 5.75. The number of aromatic nitrogens is 2. The third-order valence-corrected chi connectivity index (χ3v) is 4.50. The van der Waals surface area contributed by atoms with Gasteiger partial charge in [0.15, 0.2) is 0 Å². The molecule has 1 aromatic carbocycles. The smallest absolute Gasteiger partial charge is 0.317 e. The topological polar surface area (TPSA) is 74.2 Å². The maximum absolute atomic E-state index is 12.4. The highest BCUT2D eigenvalue weighted by Crippen LogP contribution is 2.26. The lowest BCUT2D eigenvalue weighted by atomic mass is 9.97. The molecule has 0 unspecified atom stereocenters. The van der Waals surface area contributed by atoms with E-state index in [-0.39, 0.29) is 11.9 Å². The molecule has 2 N–H and O–H groups in total. The van der Waals surface area contributed by atoms with Crippen molar-refractivity contribution >= 4 is 17.1 Å². The van der Waals surface area contributed by atoms with Gasteiger partial charge in [0.2, 0.25) is 0 Å². The number of para-hydroxylation sites is 2. The van der Waals surface area contributed by atoms with E-state index in [1.807, 2.05) is 41.3 Å². The van der Waals surface area contributed by atoms with Gasteiger partial charge in [0.1, 0.15) is 11.6 Å². The van der Waals surface area contributed by atoms with E-state index < -0.39 is 0 Å². The number of nitrogens with zero attached hydrogens (tertiary/aromatic N) is 2. The van der Waals surface area contributed by atoms with Crippen molar-refractivity contribution < 1.29 is 9.21 Å². The fourth-order valence-electron chi connectivity index (χ4n) is 3.24. The lowest BCUT2D eigenvalue weighted by Gasteiger charge is -2.31. The van der Waals surface area contributed by atoms with Gasteiger partial charge in [-0.2, -0.15) is 0 Å². The van der Waals surface area contributed by atoms with Gasteiger partial charge >= 0.3 is 6.03 Å². The largest absolute Gasteiger partial charge is 0.467 e. The number of urea groups is 1. The van der Waals surface area contributed by atoms with Crippen molar-refractivity contribution in [3.8, 4) is 0 Å². The first-order valence-electron chi connectivity index (χ1n) is 8.29. The Morgan fingerprint density at radius 1 is 1.33 bits per heavy atom. The first kappa shape index (κ1) is 14.8. The Morgan fingerprint density at radius 2 is 2.25 bits per heavy atom. The highest BCUT2D eigenvalue weighted by atomic mass is 16.3. The number of carbonyl (C=O) groups excluding carboxylic acids is 1. The van der Waals surface area contributed by atoms with Gasteiger partial charge in [0.25, 0.3) is 0 Å². The standard InChI is InChI=1S/C18H20N4O2/c23-18(19-11-14-6-4-10-24-14)22-9-3-5-13(12-22)17-20-15-7-1-2-8-16(15)21-17/h1-2,4,6-8,10,13H,3,5,9,11-12H2,(H,19,23)(H,20,21)/t13-/m0/s1. The van der Waals surface area contributed by atoms with Crippen molar-refractivity contribution in [2.45, 2.75) is 25.3 Å². The van der Waals surface area contributed by atoms with Crippen molar-refractivity contribution in [2.75, 3.05) is 13.1 Å². The number of hydrogen-bond donors (Lipinski definition) is 2. The Labute approximate surface area is 139 Å². The molecule has 0 saturated carbocycles. The van der Waals surface area contributed by atoms with Crippen LogP contribution in [0.4, 0.5) is 4.79 Å². The zero-order valence-corrected chi connectivity index (χ0v) is 13.4. The molecule has 0 bridgehead atoms. The molecular formula is C18H20N4O2. The Hall–Kier alpha value is -2.76. The monoisotopic (exact) mass is 324 g/mol. The molecule has 1 aliphatic heterocycles. The third-order valence-electron chi connectivity index (χ3n) is 4.50. The Bertz CT molecular complexity index is 792. The molecule has 1 aliphatic rings. The summed E-state index contributed by atoms with van der Waals surface area (Å²) >= 11 is 0. The quantitative estimate of drug-likeness (QED) is 0.776. The lowest BCUT2D eigenvalue weighted by Crippen LogP contribution is -2.44. The lowest BCUT2D eigenvalue weighted by molar-refractivity contribution is 0.177. The van der Waals surface area contributed by atoms with E-state index in [9.17, 15) is 4.79 Å². The van der Waals surface area contributed by atoms with Crippen molar-refractivity contribution in [1.29, 1.82) is 0 Å². The minimum absolute atomic E-state index is 0.0489. The van der Waals surface area contributed by atoms with Crippen LogP contribution in [-0.2, 0) is 6.54 Å². The molecule has 1 fully saturated rings. The maximum atomic E-state index is 12.4. The van der Waals surface area contributed by atoms with Gasteiger partial charge in [0, 0.05) is 19.0 Å². The molecule has 2 aromatic heterocycles. The number of amides is 2. The summed E-state index contributed by atoms with van der Waals surface area (Å²) in [5, 5.41) is 2.92. The molecule has 0 aliphatic carbocycles. The molecule has 0 spiro atoms. The predicted molar refractivity (Wildman–Crippen MR) is 90.6 cm³/mol. The summed E-state index contributed by atoms with van der Waals surface area (Å²) in [5.74, 6) is 1.98. The number of hydrogen-bond acceptors (Lipinski definition) is 3. The molecule has 1 atom stereocenters. The van der Waals surface area contributed by atoms with Crippen LogP contribution < -0.4 is 5.32 Å². The molecule has 2 amide bonds. The summed E-state index contributed by atoms with van der Waals surface area (Å²) < 4.78 is 5.25.